The Bertz CT molecular complexity index is 1240. The van der Waals surface area contributed by atoms with Crippen molar-refractivity contribution in [2.24, 2.45) is 0 Å². The summed E-state index contributed by atoms with van der Waals surface area (Å²) in [6.07, 6.45) is 1.89. The Hall–Kier alpha value is -3.88. The predicted molar refractivity (Wildman–Crippen MR) is 161 cm³/mol. The summed E-state index contributed by atoms with van der Waals surface area (Å²) in [7, 11) is 0. The summed E-state index contributed by atoms with van der Waals surface area (Å²) in [6, 6.07) is 14.6. The molecule has 9 nitrogen and oxygen atoms in total. The Kier molecular flexibility index (Phi) is 10.8. The third kappa shape index (κ3) is 9.60. The fourth-order valence-corrected chi connectivity index (χ4v) is 4.75. The highest BCUT2D eigenvalue weighted by Gasteiger charge is 2.41. The maximum absolute atomic E-state index is 14.3. The second kappa shape index (κ2) is 13.9. The monoisotopic (exact) mass is 579 g/mol. The Morgan fingerprint density at radius 1 is 0.881 bits per heavy atom. The van der Waals surface area contributed by atoms with Gasteiger partial charge in [-0.25, -0.2) is 9.59 Å². The van der Waals surface area contributed by atoms with Crippen LogP contribution in [0.4, 0.5) is 4.79 Å². The number of hydrogen-bond acceptors (Lipinski definition) is 6. The van der Waals surface area contributed by atoms with Crippen LogP contribution in [0.1, 0.15) is 83.5 Å². The molecule has 228 valence electrons. The highest BCUT2D eigenvalue weighted by Crippen LogP contribution is 2.34. The molecule has 3 amide bonds. The van der Waals surface area contributed by atoms with Gasteiger partial charge in [-0.05, 0) is 84.4 Å². The fourth-order valence-electron chi connectivity index (χ4n) is 4.75. The average molecular weight is 580 g/mol. The zero-order valence-corrected chi connectivity index (χ0v) is 25.9. The van der Waals surface area contributed by atoms with Crippen molar-refractivity contribution in [3.05, 3.63) is 71.3 Å². The van der Waals surface area contributed by atoms with Gasteiger partial charge in [-0.1, -0.05) is 54.6 Å². The van der Waals surface area contributed by atoms with Crippen LogP contribution in [0.2, 0.25) is 0 Å². The first kappa shape index (κ1) is 32.6. The summed E-state index contributed by atoms with van der Waals surface area (Å²) in [5.74, 6) is -1.46. The molecule has 1 aliphatic rings. The van der Waals surface area contributed by atoms with Gasteiger partial charge < -0.3 is 25.0 Å². The Morgan fingerprint density at radius 3 is 2.02 bits per heavy atom. The zero-order valence-electron chi connectivity index (χ0n) is 25.9. The summed E-state index contributed by atoms with van der Waals surface area (Å²) in [4.78, 5) is 55.3. The van der Waals surface area contributed by atoms with Crippen molar-refractivity contribution >= 4 is 23.9 Å². The second-order valence-corrected chi connectivity index (χ2v) is 12.8. The molecule has 0 heterocycles. The topological polar surface area (TPSA) is 114 Å². The summed E-state index contributed by atoms with van der Waals surface area (Å²) < 4.78 is 11.0. The Labute approximate surface area is 249 Å². The summed E-state index contributed by atoms with van der Waals surface area (Å²) in [5, 5.41) is 5.47. The summed E-state index contributed by atoms with van der Waals surface area (Å²) in [5.41, 5.74) is 0.851. The smallest absolute Gasteiger partial charge is 0.408 e. The van der Waals surface area contributed by atoms with Gasteiger partial charge >= 0.3 is 12.1 Å². The highest BCUT2D eigenvalue weighted by molar-refractivity contribution is 5.93. The molecule has 0 saturated heterocycles. The number of rotatable bonds is 10. The lowest BCUT2D eigenvalue weighted by Gasteiger charge is -2.42. The molecule has 2 unspecified atom stereocenters. The molecule has 42 heavy (non-hydrogen) atoms. The molecule has 2 atom stereocenters. The molecule has 1 saturated carbocycles. The molecule has 0 aliphatic heterocycles. The Morgan fingerprint density at radius 2 is 1.48 bits per heavy atom. The van der Waals surface area contributed by atoms with Crippen molar-refractivity contribution < 1.29 is 28.7 Å². The predicted octanol–water partition coefficient (Wildman–Crippen LogP) is 5.01. The molecule has 2 aromatic carbocycles. The molecule has 1 fully saturated rings. The van der Waals surface area contributed by atoms with Crippen LogP contribution in [0.3, 0.4) is 0 Å². The van der Waals surface area contributed by atoms with Gasteiger partial charge in [0.25, 0.3) is 0 Å². The third-order valence-corrected chi connectivity index (χ3v) is 6.84. The number of ether oxygens (including phenoxy) is 2. The number of amides is 3. The van der Waals surface area contributed by atoms with Crippen LogP contribution >= 0.6 is 0 Å². The largest absolute Gasteiger partial charge is 0.458 e. The number of alkyl carbamates (subject to hydrolysis) is 1. The highest BCUT2D eigenvalue weighted by atomic mass is 16.6. The van der Waals surface area contributed by atoms with E-state index in [-0.39, 0.29) is 19.0 Å². The number of nitrogens with one attached hydrogen (secondary N) is 2. The fraction of sp³-hybridized carbons (Fsp3) is 0.515. The lowest BCUT2D eigenvalue weighted by molar-refractivity contribution is -0.159. The van der Waals surface area contributed by atoms with Crippen LogP contribution in [0.15, 0.2) is 54.6 Å². The number of benzene rings is 2. The van der Waals surface area contributed by atoms with E-state index < -0.39 is 47.2 Å². The molecule has 0 bridgehead atoms. The van der Waals surface area contributed by atoms with Crippen molar-refractivity contribution in [3.63, 3.8) is 0 Å². The Balaban J connectivity index is 1.95. The van der Waals surface area contributed by atoms with E-state index in [9.17, 15) is 19.2 Å². The first-order valence-electron chi connectivity index (χ1n) is 14.6. The van der Waals surface area contributed by atoms with Gasteiger partial charge in [0.15, 0.2) is 0 Å². The van der Waals surface area contributed by atoms with Gasteiger partial charge in [-0.3, -0.25) is 9.59 Å². The van der Waals surface area contributed by atoms with E-state index in [4.69, 9.17) is 9.47 Å². The number of esters is 1. The van der Waals surface area contributed by atoms with Gasteiger partial charge in [0.05, 0.1) is 0 Å². The molecule has 0 aromatic heterocycles. The van der Waals surface area contributed by atoms with Crippen LogP contribution in [0, 0.1) is 6.92 Å². The SMILES string of the molecule is Cc1ccccc1C(C(=O)NC(Cc1ccccc1)C(=O)OC(C)(C)C)N(C(=O)CNC(=O)OC(C)(C)C)C1CCC1. The molecule has 2 aromatic rings. The van der Waals surface area contributed by atoms with Crippen molar-refractivity contribution in [1.82, 2.24) is 15.5 Å². The number of hydrogen-bond donors (Lipinski definition) is 2. The van der Waals surface area contributed by atoms with E-state index in [1.54, 1.807) is 46.4 Å². The molecule has 2 N–H and O–H groups in total. The molecule has 1 aliphatic carbocycles. The molecule has 3 rings (SSSR count). The summed E-state index contributed by atoms with van der Waals surface area (Å²) >= 11 is 0. The maximum atomic E-state index is 14.3. The number of nitrogens with zero attached hydrogens (tertiary/aromatic N) is 1. The van der Waals surface area contributed by atoms with E-state index in [0.29, 0.717) is 5.56 Å². The van der Waals surface area contributed by atoms with Crippen LogP contribution in [-0.4, -0.2) is 58.6 Å². The average Bonchev–Trinajstić information content (AvgIpc) is 2.85. The molecular weight excluding hydrogens is 534 g/mol. The first-order chi connectivity index (χ1) is 19.6. The molecule has 0 spiro atoms. The van der Waals surface area contributed by atoms with Crippen molar-refractivity contribution in [2.75, 3.05) is 6.54 Å². The van der Waals surface area contributed by atoms with Crippen LogP contribution in [-0.2, 0) is 30.3 Å². The molecule has 9 heteroatoms. The lowest BCUT2D eigenvalue weighted by Crippen LogP contribution is -2.56. The van der Waals surface area contributed by atoms with Crippen molar-refractivity contribution in [2.45, 2.75) is 103 Å². The molecule has 0 radical (unpaired) electrons. The molecular formula is C33H45N3O6. The maximum Gasteiger partial charge on any atom is 0.408 e. The minimum Gasteiger partial charge on any atom is -0.458 e. The summed E-state index contributed by atoms with van der Waals surface area (Å²) in [6.45, 7) is 12.1. The van der Waals surface area contributed by atoms with E-state index in [0.717, 1.165) is 30.4 Å². The van der Waals surface area contributed by atoms with Gasteiger partial charge in [0.2, 0.25) is 11.8 Å². The van der Waals surface area contributed by atoms with Crippen molar-refractivity contribution in [1.29, 1.82) is 0 Å². The van der Waals surface area contributed by atoms with Gasteiger partial charge in [0.1, 0.15) is 29.8 Å². The number of aryl methyl sites for hydroxylation is 1. The third-order valence-electron chi connectivity index (χ3n) is 6.84. The van der Waals surface area contributed by atoms with Gasteiger partial charge in [-0.2, -0.15) is 0 Å². The number of carbonyl (C=O) groups is 4. The number of carbonyl (C=O) groups excluding carboxylic acids is 4. The first-order valence-corrected chi connectivity index (χ1v) is 14.6. The second-order valence-electron chi connectivity index (χ2n) is 12.8. The zero-order chi connectivity index (χ0) is 31.1. The van der Waals surface area contributed by atoms with Crippen LogP contribution in [0.25, 0.3) is 0 Å². The normalized spacial score (nSPS) is 15.0. The van der Waals surface area contributed by atoms with Crippen LogP contribution in [0.5, 0.6) is 0 Å². The van der Waals surface area contributed by atoms with Crippen LogP contribution < -0.4 is 10.6 Å². The lowest BCUT2D eigenvalue weighted by atomic mass is 9.87. The van der Waals surface area contributed by atoms with Gasteiger partial charge in [-0.15, -0.1) is 0 Å². The minimum absolute atomic E-state index is 0.192. The van der Waals surface area contributed by atoms with E-state index >= 15 is 0 Å². The van der Waals surface area contributed by atoms with E-state index in [1.165, 1.54) is 0 Å². The van der Waals surface area contributed by atoms with Crippen molar-refractivity contribution in [3.8, 4) is 0 Å². The quantitative estimate of drug-likeness (QED) is 0.383. The van der Waals surface area contributed by atoms with E-state index in [2.05, 4.69) is 10.6 Å². The minimum atomic E-state index is -1.02. The standard InChI is InChI=1S/C33H45N3O6/c1-22-14-11-12-19-25(22)28(36(24-17-13-18-24)27(37)21-34-31(40)42-33(5,6)7)29(38)35-26(30(39)41-32(2,3)4)20-23-15-9-8-10-16-23/h8-12,14-16,19,24,26,28H,13,17-18,20-21H2,1-7H3,(H,34,40)(H,35,38). The van der Waals surface area contributed by atoms with E-state index in [1.807, 2.05) is 61.5 Å². The van der Waals surface area contributed by atoms with Gasteiger partial charge in [0, 0.05) is 12.5 Å².